The first-order chi connectivity index (χ1) is 10.5. The number of carbonyl (C=O) groups excluding carboxylic acids is 1. The van der Waals surface area contributed by atoms with Gasteiger partial charge in [0.2, 0.25) is 10.0 Å². The molecule has 0 bridgehead atoms. The maximum absolute atomic E-state index is 12.1. The lowest BCUT2D eigenvalue weighted by molar-refractivity contribution is 0.101. The van der Waals surface area contributed by atoms with Crippen LogP contribution in [0.1, 0.15) is 30.1 Å². The number of likely N-dealkylation sites (tertiary alicyclic amines) is 1. The van der Waals surface area contributed by atoms with Gasteiger partial charge in [-0.1, -0.05) is 24.0 Å². The van der Waals surface area contributed by atoms with E-state index in [1.807, 2.05) is 0 Å². The summed E-state index contributed by atoms with van der Waals surface area (Å²) in [6, 6.07) is 5.87. The second kappa shape index (κ2) is 7.54. The number of benzene rings is 1. The van der Waals surface area contributed by atoms with Crippen LogP contribution in [-0.2, 0) is 10.0 Å². The Morgan fingerprint density at radius 1 is 1.18 bits per heavy atom. The van der Waals surface area contributed by atoms with Crippen molar-refractivity contribution >= 4 is 15.8 Å². The predicted octanol–water partition coefficient (Wildman–Crippen LogP) is 1.27. The van der Waals surface area contributed by atoms with Crippen molar-refractivity contribution in [1.82, 2.24) is 9.62 Å². The molecule has 1 saturated heterocycles. The van der Waals surface area contributed by atoms with Crippen molar-refractivity contribution in [3.63, 3.8) is 0 Å². The van der Waals surface area contributed by atoms with Crippen LogP contribution < -0.4 is 4.72 Å². The third kappa shape index (κ3) is 4.67. The Morgan fingerprint density at radius 2 is 1.82 bits per heavy atom. The van der Waals surface area contributed by atoms with E-state index in [1.165, 1.54) is 44.0 Å². The third-order valence-electron chi connectivity index (χ3n) is 3.55. The second-order valence-electron chi connectivity index (χ2n) is 5.24. The number of sulfonamides is 1. The molecule has 0 unspecified atom stereocenters. The van der Waals surface area contributed by atoms with Gasteiger partial charge in [0, 0.05) is 5.56 Å². The summed E-state index contributed by atoms with van der Waals surface area (Å²) in [4.78, 5) is 13.6. The molecule has 1 aromatic rings. The minimum Gasteiger partial charge on any atom is -0.295 e. The largest absolute Gasteiger partial charge is 0.295 e. The lowest BCUT2D eigenvalue weighted by Crippen LogP contribution is -2.24. The number of carbonyl (C=O) groups is 1. The Morgan fingerprint density at radius 3 is 2.41 bits per heavy atom. The molecule has 6 heteroatoms. The summed E-state index contributed by atoms with van der Waals surface area (Å²) in [7, 11) is -3.58. The van der Waals surface area contributed by atoms with Crippen molar-refractivity contribution < 1.29 is 13.2 Å². The van der Waals surface area contributed by atoms with E-state index < -0.39 is 10.0 Å². The lowest BCUT2D eigenvalue weighted by Gasteiger charge is -2.08. The molecule has 0 aliphatic carbocycles. The monoisotopic (exact) mass is 320 g/mol. The molecule has 1 fully saturated rings. The van der Waals surface area contributed by atoms with Gasteiger partial charge >= 0.3 is 0 Å². The van der Waals surface area contributed by atoms with Gasteiger partial charge in [-0.15, -0.1) is 0 Å². The summed E-state index contributed by atoms with van der Waals surface area (Å²) in [5.74, 6) is 5.72. The number of nitrogens with zero attached hydrogens (tertiary/aromatic N) is 1. The van der Waals surface area contributed by atoms with E-state index in [0.29, 0.717) is 12.1 Å². The zero-order valence-electron chi connectivity index (χ0n) is 12.6. The third-order valence-corrected chi connectivity index (χ3v) is 4.97. The Labute approximate surface area is 131 Å². The average Bonchev–Trinajstić information content (AvgIpc) is 3.00. The molecule has 22 heavy (non-hydrogen) atoms. The molecule has 0 aromatic heterocycles. The topological polar surface area (TPSA) is 66.5 Å². The highest BCUT2D eigenvalue weighted by atomic mass is 32.2. The van der Waals surface area contributed by atoms with Crippen LogP contribution in [0, 0.1) is 11.8 Å². The summed E-state index contributed by atoms with van der Waals surface area (Å²) in [5.41, 5.74) is 0.490. The van der Waals surface area contributed by atoms with Gasteiger partial charge in [0.25, 0.3) is 0 Å². The Hall–Kier alpha value is -1.68. The van der Waals surface area contributed by atoms with Gasteiger partial charge in [-0.05, 0) is 45.0 Å². The van der Waals surface area contributed by atoms with Gasteiger partial charge in [0.05, 0.1) is 18.0 Å². The van der Waals surface area contributed by atoms with E-state index in [2.05, 4.69) is 21.5 Å². The van der Waals surface area contributed by atoms with E-state index in [9.17, 15) is 13.2 Å². The molecular formula is C16H20N2O3S. The molecule has 2 rings (SSSR count). The molecule has 1 aromatic carbocycles. The number of ketones is 1. The standard InChI is InChI=1S/C16H20N2O3S/c1-14(19)15-6-8-16(9-7-15)22(20,21)17-10-2-3-11-18-12-4-5-13-18/h6-9,17H,4-5,10-13H2,1H3. The Balaban J connectivity index is 1.87. The summed E-state index contributed by atoms with van der Waals surface area (Å²) >= 11 is 0. The molecule has 0 atom stereocenters. The summed E-state index contributed by atoms with van der Waals surface area (Å²) < 4.78 is 26.6. The number of hydrogen-bond acceptors (Lipinski definition) is 4. The summed E-state index contributed by atoms with van der Waals surface area (Å²) in [5, 5.41) is 0. The highest BCUT2D eigenvalue weighted by molar-refractivity contribution is 7.89. The second-order valence-corrected chi connectivity index (χ2v) is 7.01. The average molecular weight is 320 g/mol. The van der Waals surface area contributed by atoms with Crippen molar-refractivity contribution in [2.45, 2.75) is 24.7 Å². The van der Waals surface area contributed by atoms with E-state index >= 15 is 0 Å². The normalized spacial score (nSPS) is 15.3. The Kier molecular flexibility index (Phi) is 5.72. The minimum absolute atomic E-state index is 0.0879. The molecule has 1 aliphatic rings. The molecule has 0 spiro atoms. The number of rotatable bonds is 5. The van der Waals surface area contributed by atoms with Crippen LogP contribution in [-0.4, -0.2) is 45.3 Å². The van der Waals surface area contributed by atoms with Crippen LogP contribution >= 0.6 is 0 Å². The fourth-order valence-corrected chi connectivity index (χ4v) is 3.18. The highest BCUT2D eigenvalue weighted by Crippen LogP contribution is 2.10. The first-order valence-electron chi connectivity index (χ1n) is 7.28. The van der Waals surface area contributed by atoms with Crippen LogP contribution in [0.25, 0.3) is 0 Å². The maximum Gasteiger partial charge on any atom is 0.241 e. The van der Waals surface area contributed by atoms with E-state index in [1.54, 1.807) is 0 Å². The van der Waals surface area contributed by atoms with Crippen molar-refractivity contribution in [3.05, 3.63) is 29.8 Å². The fraction of sp³-hybridized carbons (Fsp3) is 0.438. The van der Waals surface area contributed by atoms with Crippen molar-refractivity contribution in [1.29, 1.82) is 0 Å². The van der Waals surface area contributed by atoms with Crippen molar-refractivity contribution in [3.8, 4) is 11.8 Å². The van der Waals surface area contributed by atoms with Crippen LogP contribution in [0.2, 0.25) is 0 Å². The maximum atomic E-state index is 12.1. The van der Waals surface area contributed by atoms with Crippen LogP contribution in [0.4, 0.5) is 0 Å². The van der Waals surface area contributed by atoms with E-state index in [4.69, 9.17) is 0 Å². The van der Waals surface area contributed by atoms with Gasteiger partial charge in [-0.2, -0.15) is 4.72 Å². The molecule has 1 aliphatic heterocycles. The molecular weight excluding hydrogens is 300 g/mol. The van der Waals surface area contributed by atoms with Gasteiger partial charge in [-0.3, -0.25) is 9.69 Å². The zero-order valence-corrected chi connectivity index (χ0v) is 13.4. The molecule has 0 amide bonds. The van der Waals surface area contributed by atoms with Gasteiger partial charge in [0.1, 0.15) is 0 Å². The van der Waals surface area contributed by atoms with Gasteiger partial charge < -0.3 is 0 Å². The molecule has 1 N–H and O–H groups in total. The zero-order chi connectivity index (χ0) is 16.0. The molecule has 0 radical (unpaired) electrons. The van der Waals surface area contributed by atoms with E-state index in [-0.39, 0.29) is 17.2 Å². The first kappa shape index (κ1) is 16.7. The number of nitrogens with one attached hydrogen (secondary N) is 1. The van der Waals surface area contributed by atoms with Gasteiger partial charge in [-0.25, -0.2) is 8.42 Å². The predicted molar refractivity (Wildman–Crippen MR) is 85.1 cm³/mol. The first-order valence-corrected chi connectivity index (χ1v) is 8.76. The minimum atomic E-state index is -3.58. The van der Waals surface area contributed by atoms with Crippen molar-refractivity contribution in [2.75, 3.05) is 26.2 Å². The molecule has 0 saturated carbocycles. The summed E-state index contributed by atoms with van der Waals surface area (Å²) in [6.45, 7) is 4.36. The molecule has 1 heterocycles. The fourth-order valence-electron chi connectivity index (χ4n) is 2.25. The highest BCUT2D eigenvalue weighted by Gasteiger charge is 2.13. The molecule has 118 valence electrons. The SMILES string of the molecule is CC(=O)c1ccc(S(=O)(=O)NCC#CCN2CCCC2)cc1. The van der Waals surface area contributed by atoms with Gasteiger partial charge in [0.15, 0.2) is 5.78 Å². The lowest BCUT2D eigenvalue weighted by atomic mass is 10.2. The quantitative estimate of drug-likeness (QED) is 0.655. The van der Waals surface area contributed by atoms with Crippen LogP contribution in [0.5, 0.6) is 0 Å². The summed E-state index contributed by atoms with van der Waals surface area (Å²) in [6.07, 6.45) is 2.43. The Bertz CT molecular complexity index is 678. The van der Waals surface area contributed by atoms with Crippen LogP contribution in [0.15, 0.2) is 29.2 Å². The van der Waals surface area contributed by atoms with E-state index in [0.717, 1.165) is 13.1 Å². The molecule has 5 nitrogen and oxygen atoms in total. The number of Topliss-reactive ketones (excluding diaryl/α,β-unsaturated/α-hetero) is 1. The van der Waals surface area contributed by atoms with Crippen molar-refractivity contribution in [2.24, 2.45) is 0 Å². The smallest absolute Gasteiger partial charge is 0.241 e. The van der Waals surface area contributed by atoms with Crippen LogP contribution in [0.3, 0.4) is 0 Å². The number of hydrogen-bond donors (Lipinski definition) is 1.